The van der Waals surface area contributed by atoms with Crippen LogP contribution in [0.1, 0.15) is 22.8 Å². The largest absolute Gasteiger partial charge is 0.454 e. The van der Waals surface area contributed by atoms with Gasteiger partial charge in [-0.25, -0.2) is 0 Å². The molecule has 3 aromatic rings. The average molecular weight is 411 g/mol. The summed E-state index contributed by atoms with van der Waals surface area (Å²) >= 11 is 1.12. The van der Waals surface area contributed by atoms with Gasteiger partial charge in [0.15, 0.2) is 17.3 Å². The second-order valence-electron chi connectivity index (χ2n) is 6.33. The van der Waals surface area contributed by atoms with Crippen LogP contribution in [0, 0.1) is 6.92 Å². The van der Waals surface area contributed by atoms with Gasteiger partial charge in [0.05, 0.1) is 11.4 Å². The number of Topliss-reactive ketones (excluding diaryl/α,β-unsaturated/α-hetero) is 1. The third-order valence-electron chi connectivity index (χ3n) is 4.27. The number of benzene rings is 2. The number of aromatic nitrogens is 2. The van der Waals surface area contributed by atoms with E-state index in [-0.39, 0.29) is 29.5 Å². The number of anilines is 1. The summed E-state index contributed by atoms with van der Waals surface area (Å²) in [4.78, 5) is 24.3. The molecule has 2 aromatic carbocycles. The van der Waals surface area contributed by atoms with E-state index in [1.54, 1.807) is 12.1 Å². The number of hydrogen-bond donors (Lipinski definition) is 1. The van der Waals surface area contributed by atoms with E-state index in [0.717, 1.165) is 22.9 Å². The van der Waals surface area contributed by atoms with E-state index in [0.29, 0.717) is 28.6 Å². The minimum Gasteiger partial charge on any atom is -0.454 e. The molecule has 148 valence electrons. The van der Waals surface area contributed by atoms with Crippen LogP contribution in [-0.2, 0) is 4.79 Å². The van der Waals surface area contributed by atoms with Gasteiger partial charge in [-0.2, -0.15) is 0 Å². The fourth-order valence-corrected chi connectivity index (χ4v) is 3.40. The van der Waals surface area contributed by atoms with Crippen LogP contribution >= 0.6 is 11.8 Å². The molecule has 4 rings (SSSR count). The van der Waals surface area contributed by atoms with Gasteiger partial charge in [-0.1, -0.05) is 30.0 Å². The van der Waals surface area contributed by atoms with E-state index in [2.05, 4.69) is 15.5 Å². The van der Waals surface area contributed by atoms with Gasteiger partial charge in [0, 0.05) is 17.2 Å². The molecular formula is C20H17N3O5S. The fraction of sp³-hybridized carbons (Fsp3) is 0.200. The first-order chi connectivity index (χ1) is 14.0. The molecule has 0 atom stereocenters. The Hall–Kier alpha value is -3.33. The summed E-state index contributed by atoms with van der Waals surface area (Å²) in [6.07, 6.45) is 0. The average Bonchev–Trinajstić information content (AvgIpc) is 3.35. The molecule has 0 saturated heterocycles. The highest BCUT2D eigenvalue weighted by Gasteiger charge is 2.21. The summed E-state index contributed by atoms with van der Waals surface area (Å²) in [5, 5.41) is 11.0. The van der Waals surface area contributed by atoms with Gasteiger partial charge >= 0.3 is 0 Å². The van der Waals surface area contributed by atoms with Crippen molar-refractivity contribution in [1.82, 2.24) is 10.2 Å². The van der Waals surface area contributed by atoms with Gasteiger partial charge in [-0.3, -0.25) is 9.59 Å². The number of hydrogen-bond acceptors (Lipinski definition) is 8. The van der Waals surface area contributed by atoms with Crippen molar-refractivity contribution in [3.8, 4) is 23.0 Å². The van der Waals surface area contributed by atoms with Crippen molar-refractivity contribution in [1.29, 1.82) is 0 Å². The Kier molecular flexibility index (Phi) is 5.22. The molecule has 0 unspecified atom stereocenters. The standard InChI is InChI=1S/C20H17N3O5S/c1-11-5-3-4-6-13(11)19-22-23-20(28-19)29-9-18(25)21-15-8-17-16(26-10-27-17)7-14(15)12(2)24/h3-8H,9-10H2,1-2H3,(H,21,25). The van der Waals surface area contributed by atoms with Crippen LogP contribution in [0.15, 0.2) is 46.0 Å². The predicted molar refractivity (Wildman–Crippen MR) is 106 cm³/mol. The predicted octanol–water partition coefficient (Wildman–Crippen LogP) is 3.71. The van der Waals surface area contributed by atoms with Crippen LogP contribution in [0.2, 0.25) is 0 Å². The molecular weight excluding hydrogens is 394 g/mol. The van der Waals surface area contributed by atoms with Crippen LogP contribution in [-0.4, -0.2) is 34.4 Å². The van der Waals surface area contributed by atoms with E-state index in [1.807, 2.05) is 31.2 Å². The van der Waals surface area contributed by atoms with Crippen LogP contribution < -0.4 is 14.8 Å². The number of thioether (sulfide) groups is 1. The number of rotatable bonds is 6. The zero-order valence-corrected chi connectivity index (χ0v) is 16.5. The first-order valence-corrected chi connectivity index (χ1v) is 9.76. The van der Waals surface area contributed by atoms with Crippen molar-refractivity contribution in [2.45, 2.75) is 19.1 Å². The van der Waals surface area contributed by atoms with Gasteiger partial charge in [0.1, 0.15) is 0 Å². The Labute approximate surface area is 170 Å². The summed E-state index contributed by atoms with van der Waals surface area (Å²) in [6, 6.07) is 10.8. The van der Waals surface area contributed by atoms with Crippen molar-refractivity contribution in [3.63, 3.8) is 0 Å². The van der Waals surface area contributed by atoms with Crippen LogP contribution in [0.4, 0.5) is 5.69 Å². The van der Waals surface area contributed by atoms with Gasteiger partial charge in [0.25, 0.3) is 5.22 Å². The lowest BCUT2D eigenvalue weighted by Crippen LogP contribution is -2.16. The molecule has 0 fully saturated rings. The lowest BCUT2D eigenvalue weighted by molar-refractivity contribution is -0.113. The summed E-state index contributed by atoms with van der Waals surface area (Å²) in [5.41, 5.74) is 2.60. The SMILES string of the molecule is CC(=O)c1cc2c(cc1NC(=O)CSc1nnc(-c3ccccc3C)o1)OCO2. The summed E-state index contributed by atoms with van der Waals surface area (Å²) in [6.45, 7) is 3.46. The molecule has 29 heavy (non-hydrogen) atoms. The zero-order chi connectivity index (χ0) is 20.4. The number of carbonyl (C=O) groups is 2. The van der Waals surface area contributed by atoms with E-state index in [9.17, 15) is 9.59 Å². The molecule has 9 heteroatoms. The number of fused-ring (bicyclic) bond motifs is 1. The number of carbonyl (C=O) groups excluding carboxylic acids is 2. The highest BCUT2D eigenvalue weighted by Crippen LogP contribution is 2.37. The third-order valence-corrected chi connectivity index (χ3v) is 5.09. The molecule has 1 amide bonds. The number of aryl methyl sites for hydroxylation is 1. The summed E-state index contributed by atoms with van der Waals surface area (Å²) in [5.74, 6) is 0.912. The van der Waals surface area contributed by atoms with Crippen molar-refractivity contribution in [2.75, 3.05) is 17.9 Å². The molecule has 0 radical (unpaired) electrons. The van der Waals surface area contributed by atoms with Gasteiger partial charge in [-0.15, -0.1) is 10.2 Å². The van der Waals surface area contributed by atoms with Crippen molar-refractivity contribution in [2.24, 2.45) is 0 Å². The van der Waals surface area contributed by atoms with Crippen LogP contribution in [0.3, 0.4) is 0 Å². The Balaban J connectivity index is 1.43. The van der Waals surface area contributed by atoms with E-state index in [4.69, 9.17) is 13.9 Å². The minimum atomic E-state index is -0.313. The van der Waals surface area contributed by atoms with Gasteiger partial charge in [-0.05, 0) is 31.5 Å². The minimum absolute atomic E-state index is 0.0428. The van der Waals surface area contributed by atoms with Crippen molar-refractivity contribution in [3.05, 3.63) is 47.5 Å². The molecule has 0 saturated carbocycles. The van der Waals surface area contributed by atoms with Crippen LogP contribution in [0.25, 0.3) is 11.5 Å². The maximum Gasteiger partial charge on any atom is 0.277 e. The monoisotopic (exact) mass is 411 g/mol. The smallest absolute Gasteiger partial charge is 0.277 e. The molecule has 1 aliphatic rings. The van der Waals surface area contributed by atoms with E-state index >= 15 is 0 Å². The number of amides is 1. The Morgan fingerprint density at radius 3 is 2.66 bits per heavy atom. The number of nitrogens with zero attached hydrogens (tertiary/aromatic N) is 2. The molecule has 1 aliphatic heterocycles. The summed E-state index contributed by atoms with van der Waals surface area (Å²) in [7, 11) is 0. The number of ketones is 1. The maximum atomic E-state index is 12.4. The molecule has 2 heterocycles. The van der Waals surface area contributed by atoms with E-state index < -0.39 is 0 Å². The number of nitrogens with one attached hydrogen (secondary N) is 1. The lowest BCUT2D eigenvalue weighted by atomic mass is 10.1. The van der Waals surface area contributed by atoms with E-state index in [1.165, 1.54) is 6.92 Å². The highest BCUT2D eigenvalue weighted by atomic mass is 32.2. The molecule has 1 N–H and O–H groups in total. The number of ether oxygens (including phenoxy) is 2. The molecule has 0 spiro atoms. The lowest BCUT2D eigenvalue weighted by Gasteiger charge is -2.10. The van der Waals surface area contributed by atoms with Crippen molar-refractivity contribution < 1.29 is 23.5 Å². The first kappa shape index (κ1) is 19.0. The molecule has 0 aliphatic carbocycles. The quantitative estimate of drug-likeness (QED) is 0.484. The Morgan fingerprint density at radius 2 is 1.90 bits per heavy atom. The second-order valence-corrected chi connectivity index (χ2v) is 7.26. The normalized spacial score (nSPS) is 12.1. The highest BCUT2D eigenvalue weighted by molar-refractivity contribution is 7.99. The van der Waals surface area contributed by atoms with Gasteiger partial charge in [0.2, 0.25) is 18.6 Å². The summed E-state index contributed by atoms with van der Waals surface area (Å²) < 4.78 is 16.2. The fourth-order valence-electron chi connectivity index (χ4n) is 2.84. The van der Waals surface area contributed by atoms with Gasteiger partial charge < -0.3 is 19.2 Å². The zero-order valence-electron chi connectivity index (χ0n) is 15.7. The molecule has 1 aromatic heterocycles. The topological polar surface area (TPSA) is 104 Å². The first-order valence-electron chi connectivity index (χ1n) is 8.78. The Bertz CT molecular complexity index is 1100. The third kappa shape index (κ3) is 4.09. The Morgan fingerprint density at radius 1 is 1.14 bits per heavy atom. The molecule has 0 bridgehead atoms. The maximum absolute atomic E-state index is 12.4. The second kappa shape index (κ2) is 7.96. The molecule has 8 nitrogen and oxygen atoms in total. The van der Waals surface area contributed by atoms with Crippen molar-refractivity contribution >= 4 is 29.1 Å². The van der Waals surface area contributed by atoms with Crippen LogP contribution in [0.5, 0.6) is 11.5 Å².